The monoisotopic (exact) mass is 345 g/mol. The first-order chi connectivity index (χ1) is 12.2. The number of ketones is 1. The maximum atomic E-state index is 12.3. The molecule has 0 unspecified atom stereocenters. The van der Waals surface area contributed by atoms with Gasteiger partial charge < -0.3 is 9.64 Å². The van der Waals surface area contributed by atoms with Gasteiger partial charge in [0.1, 0.15) is 0 Å². The van der Waals surface area contributed by atoms with Crippen molar-refractivity contribution in [3.8, 4) is 0 Å². The molecule has 2 rings (SSSR count). The second-order valence-electron chi connectivity index (χ2n) is 6.74. The average Bonchev–Trinajstić information content (AvgIpc) is 2.65. The van der Waals surface area contributed by atoms with Gasteiger partial charge in [-0.25, -0.2) is 0 Å². The molecule has 0 bridgehead atoms. The highest BCUT2D eigenvalue weighted by Gasteiger charge is 2.12. The molecule has 0 atom stereocenters. The zero-order chi connectivity index (χ0) is 17.9. The van der Waals surface area contributed by atoms with Crippen molar-refractivity contribution in [3.63, 3.8) is 0 Å². The van der Waals surface area contributed by atoms with E-state index in [0.717, 1.165) is 44.3 Å². The smallest absolute Gasteiger partial charge is 0.305 e. The zero-order valence-electron chi connectivity index (χ0n) is 15.5. The van der Waals surface area contributed by atoms with Crippen LogP contribution < -0.4 is 4.90 Å². The number of carbonyl (C=O) groups excluding carboxylic acids is 2. The minimum atomic E-state index is -0.118. The van der Waals surface area contributed by atoms with Crippen molar-refractivity contribution in [1.82, 2.24) is 0 Å². The number of nitrogens with zero attached hydrogens (tertiary/aromatic N) is 1. The molecule has 1 saturated heterocycles. The Balaban J connectivity index is 1.64. The Kier molecular flexibility index (Phi) is 8.50. The lowest BCUT2D eigenvalue weighted by Gasteiger charge is -2.28. The summed E-state index contributed by atoms with van der Waals surface area (Å²) < 4.78 is 4.90. The number of carbonyl (C=O) groups is 2. The summed E-state index contributed by atoms with van der Waals surface area (Å²) in [5.74, 6) is 0.1000. The predicted octanol–water partition coefficient (Wildman–Crippen LogP) is 4.76. The molecule has 4 nitrogen and oxygen atoms in total. The van der Waals surface area contributed by atoms with Crippen molar-refractivity contribution >= 4 is 17.4 Å². The maximum Gasteiger partial charge on any atom is 0.305 e. The molecular formula is C21H31NO3. The fourth-order valence-corrected chi connectivity index (χ4v) is 3.30. The number of esters is 1. The number of Topliss-reactive ketones (excluding diaryl/α,β-unsaturated/α-hetero) is 1. The first kappa shape index (κ1) is 19.5. The van der Waals surface area contributed by atoms with E-state index >= 15 is 0 Å². The molecule has 1 fully saturated rings. The van der Waals surface area contributed by atoms with Crippen LogP contribution in [-0.4, -0.2) is 31.4 Å². The van der Waals surface area contributed by atoms with Gasteiger partial charge in [-0.2, -0.15) is 0 Å². The van der Waals surface area contributed by atoms with E-state index in [2.05, 4.69) is 17.0 Å². The second-order valence-corrected chi connectivity index (χ2v) is 6.74. The van der Waals surface area contributed by atoms with Gasteiger partial charge >= 0.3 is 5.97 Å². The first-order valence-electron chi connectivity index (χ1n) is 9.74. The third-order valence-corrected chi connectivity index (χ3v) is 4.75. The van der Waals surface area contributed by atoms with Crippen LogP contribution in [0, 0.1) is 0 Å². The summed E-state index contributed by atoms with van der Waals surface area (Å²) in [6.07, 6.45) is 8.60. The SMILES string of the molecule is CCOC(=O)CCCCCCC(=O)c1ccc(N2CCCCC2)cc1. The van der Waals surface area contributed by atoms with Crippen LogP contribution in [0.15, 0.2) is 24.3 Å². The largest absolute Gasteiger partial charge is 0.466 e. The van der Waals surface area contributed by atoms with Gasteiger partial charge in [-0.05, 0) is 63.3 Å². The lowest BCUT2D eigenvalue weighted by atomic mass is 10.0. The van der Waals surface area contributed by atoms with Crippen molar-refractivity contribution in [2.24, 2.45) is 0 Å². The van der Waals surface area contributed by atoms with Gasteiger partial charge in [-0.1, -0.05) is 12.8 Å². The topological polar surface area (TPSA) is 46.6 Å². The Bertz CT molecular complexity index is 533. The summed E-state index contributed by atoms with van der Waals surface area (Å²) >= 11 is 0. The average molecular weight is 345 g/mol. The molecule has 0 radical (unpaired) electrons. The minimum Gasteiger partial charge on any atom is -0.466 e. The Labute approximate surface area is 151 Å². The van der Waals surface area contributed by atoms with Gasteiger partial charge in [0, 0.05) is 37.2 Å². The summed E-state index contributed by atoms with van der Waals surface area (Å²) in [6.45, 7) is 4.52. The molecule has 25 heavy (non-hydrogen) atoms. The Morgan fingerprint density at radius 1 is 0.920 bits per heavy atom. The summed E-state index contributed by atoms with van der Waals surface area (Å²) in [6, 6.07) is 8.09. The summed E-state index contributed by atoms with van der Waals surface area (Å²) in [7, 11) is 0. The van der Waals surface area contributed by atoms with E-state index in [1.807, 2.05) is 19.1 Å². The highest BCUT2D eigenvalue weighted by molar-refractivity contribution is 5.96. The molecule has 0 spiro atoms. The Morgan fingerprint density at radius 2 is 1.56 bits per heavy atom. The molecule has 0 aliphatic carbocycles. The number of ether oxygens (including phenoxy) is 1. The van der Waals surface area contributed by atoms with Crippen LogP contribution in [0.1, 0.15) is 75.1 Å². The van der Waals surface area contributed by atoms with Gasteiger partial charge in [0.05, 0.1) is 6.61 Å². The van der Waals surface area contributed by atoms with Crippen LogP contribution in [-0.2, 0) is 9.53 Å². The molecule has 1 aliphatic heterocycles. The molecule has 1 heterocycles. The van der Waals surface area contributed by atoms with Gasteiger partial charge in [-0.15, -0.1) is 0 Å². The number of rotatable bonds is 10. The van der Waals surface area contributed by atoms with E-state index in [9.17, 15) is 9.59 Å². The van der Waals surface area contributed by atoms with E-state index < -0.39 is 0 Å². The highest BCUT2D eigenvalue weighted by Crippen LogP contribution is 2.21. The van der Waals surface area contributed by atoms with E-state index in [4.69, 9.17) is 4.74 Å². The van der Waals surface area contributed by atoms with Crippen molar-refractivity contribution in [3.05, 3.63) is 29.8 Å². The molecule has 1 aromatic carbocycles. The number of hydrogen-bond donors (Lipinski definition) is 0. The van der Waals surface area contributed by atoms with E-state index in [-0.39, 0.29) is 11.8 Å². The third-order valence-electron chi connectivity index (χ3n) is 4.75. The summed E-state index contributed by atoms with van der Waals surface area (Å²) in [5.41, 5.74) is 2.04. The van der Waals surface area contributed by atoms with Gasteiger partial charge in [-0.3, -0.25) is 9.59 Å². The molecule has 4 heteroatoms. The Morgan fingerprint density at radius 3 is 2.20 bits per heavy atom. The zero-order valence-corrected chi connectivity index (χ0v) is 15.5. The number of anilines is 1. The van der Waals surface area contributed by atoms with Crippen molar-refractivity contribution < 1.29 is 14.3 Å². The number of piperidine rings is 1. The molecule has 138 valence electrons. The van der Waals surface area contributed by atoms with E-state index in [0.29, 0.717) is 19.4 Å². The lowest BCUT2D eigenvalue weighted by molar-refractivity contribution is -0.143. The van der Waals surface area contributed by atoms with Crippen LogP contribution >= 0.6 is 0 Å². The van der Waals surface area contributed by atoms with E-state index in [1.165, 1.54) is 24.9 Å². The molecule has 1 aliphatic rings. The molecule has 0 amide bonds. The maximum absolute atomic E-state index is 12.3. The summed E-state index contributed by atoms with van der Waals surface area (Å²) in [5, 5.41) is 0. The van der Waals surface area contributed by atoms with Gasteiger partial charge in [0.15, 0.2) is 5.78 Å². The standard InChI is InChI=1S/C21H31NO3/c1-2-25-21(24)11-7-4-3-6-10-20(23)18-12-14-19(15-13-18)22-16-8-5-9-17-22/h12-15H,2-11,16-17H2,1H3. The molecule has 0 saturated carbocycles. The lowest BCUT2D eigenvalue weighted by Crippen LogP contribution is -2.29. The first-order valence-corrected chi connectivity index (χ1v) is 9.74. The predicted molar refractivity (Wildman–Crippen MR) is 101 cm³/mol. The number of unbranched alkanes of at least 4 members (excludes halogenated alkanes) is 3. The van der Waals surface area contributed by atoms with E-state index in [1.54, 1.807) is 0 Å². The molecule has 0 N–H and O–H groups in total. The molecule has 1 aromatic rings. The van der Waals surface area contributed by atoms with Gasteiger partial charge in [0.2, 0.25) is 0 Å². The van der Waals surface area contributed by atoms with Crippen LogP contribution in [0.5, 0.6) is 0 Å². The fraction of sp³-hybridized carbons (Fsp3) is 0.619. The highest BCUT2D eigenvalue weighted by atomic mass is 16.5. The third kappa shape index (κ3) is 6.89. The van der Waals surface area contributed by atoms with Crippen molar-refractivity contribution in [1.29, 1.82) is 0 Å². The normalized spacial score (nSPS) is 14.4. The van der Waals surface area contributed by atoms with Crippen molar-refractivity contribution in [2.45, 2.75) is 64.7 Å². The van der Waals surface area contributed by atoms with Crippen LogP contribution in [0.3, 0.4) is 0 Å². The second kappa shape index (κ2) is 10.9. The van der Waals surface area contributed by atoms with Crippen LogP contribution in [0.25, 0.3) is 0 Å². The van der Waals surface area contributed by atoms with Crippen molar-refractivity contribution in [2.75, 3.05) is 24.6 Å². The number of benzene rings is 1. The van der Waals surface area contributed by atoms with Crippen LogP contribution in [0.4, 0.5) is 5.69 Å². The molecule has 0 aromatic heterocycles. The van der Waals surface area contributed by atoms with Crippen LogP contribution in [0.2, 0.25) is 0 Å². The molecular weight excluding hydrogens is 314 g/mol. The minimum absolute atomic E-state index is 0.118. The summed E-state index contributed by atoms with van der Waals surface area (Å²) in [4.78, 5) is 25.9. The quantitative estimate of drug-likeness (QED) is 0.348. The van der Waals surface area contributed by atoms with Gasteiger partial charge in [0.25, 0.3) is 0 Å². The Hall–Kier alpha value is -1.84. The number of hydrogen-bond acceptors (Lipinski definition) is 4. The fourth-order valence-electron chi connectivity index (χ4n) is 3.30.